The number of hydrogen-bond donors (Lipinski definition) is 1. The fraction of sp³-hybridized carbons (Fsp3) is 0.600. The third-order valence-corrected chi connectivity index (χ3v) is 3.54. The van der Waals surface area contributed by atoms with Crippen molar-refractivity contribution in [3.05, 3.63) is 29.6 Å². The van der Waals surface area contributed by atoms with Crippen molar-refractivity contribution in [2.75, 3.05) is 24.6 Å². The normalized spacial score (nSPS) is 19.7. The number of hydrogen-bond acceptors (Lipinski definition) is 3. The summed E-state index contributed by atoms with van der Waals surface area (Å²) in [4.78, 5) is 2.08. The molecule has 0 bridgehead atoms. The quantitative estimate of drug-likeness (QED) is 0.890. The molecule has 19 heavy (non-hydrogen) atoms. The molecule has 1 aromatic rings. The van der Waals surface area contributed by atoms with E-state index < -0.39 is 0 Å². The summed E-state index contributed by atoms with van der Waals surface area (Å²) < 4.78 is 19.9. The van der Waals surface area contributed by atoms with Crippen molar-refractivity contribution in [3.8, 4) is 0 Å². The number of ether oxygens (including phenoxy) is 1. The van der Waals surface area contributed by atoms with Gasteiger partial charge in [-0.1, -0.05) is 19.1 Å². The van der Waals surface area contributed by atoms with Crippen LogP contribution in [-0.4, -0.2) is 25.8 Å². The number of anilines is 1. The summed E-state index contributed by atoms with van der Waals surface area (Å²) in [5.74, 6) is -0.181. The number of nitrogens with zero attached hydrogens (tertiary/aromatic N) is 1. The van der Waals surface area contributed by atoms with E-state index in [9.17, 15) is 4.39 Å². The molecule has 1 unspecified atom stereocenters. The van der Waals surface area contributed by atoms with Gasteiger partial charge in [0.2, 0.25) is 0 Å². The monoisotopic (exact) mass is 266 g/mol. The Balaban J connectivity index is 2.12. The van der Waals surface area contributed by atoms with Crippen LogP contribution in [0.5, 0.6) is 0 Å². The summed E-state index contributed by atoms with van der Waals surface area (Å²) in [5.41, 5.74) is 7.25. The van der Waals surface area contributed by atoms with Gasteiger partial charge in [0.15, 0.2) is 0 Å². The molecule has 0 saturated carbocycles. The van der Waals surface area contributed by atoms with Crippen LogP contribution in [0.1, 0.15) is 31.7 Å². The number of halogens is 1. The van der Waals surface area contributed by atoms with Crippen molar-refractivity contribution in [2.24, 2.45) is 5.73 Å². The molecular formula is C15H23FN2O. The number of rotatable bonds is 5. The van der Waals surface area contributed by atoms with Crippen LogP contribution in [0.2, 0.25) is 0 Å². The van der Waals surface area contributed by atoms with Crippen LogP contribution >= 0.6 is 0 Å². The highest BCUT2D eigenvalue weighted by atomic mass is 19.1. The molecule has 1 aliphatic heterocycles. The summed E-state index contributed by atoms with van der Waals surface area (Å²) in [6, 6.07) is 5.12. The minimum absolute atomic E-state index is 0.181. The topological polar surface area (TPSA) is 38.5 Å². The maximum Gasteiger partial charge on any atom is 0.146 e. The van der Waals surface area contributed by atoms with Crippen molar-refractivity contribution in [3.63, 3.8) is 0 Å². The van der Waals surface area contributed by atoms with E-state index in [1.165, 1.54) is 6.07 Å². The summed E-state index contributed by atoms with van der Waals surface area (Å²) in [7, 11) is 0. The molecule has 3 nitrogen and oxygen atoms in total. The van der Waals surface area contributed by atoms with E-state index >= 15 is 0 Å². The minimum atomic E-state index is -0.181. The first-order valence-electron chi connectivity index (χ1n) is 7.10. The van der Waals surface area contributed by atoms with Crippen molar-refractivity contribution >= 4 is 5.69 Å². The van der Waals surface area contributed by atoms with Gasteiger partial charge in [-0.2, -0.15) is 0 Å². The lowest BCUT2D eigenvalue weighted by atomic mass is 10.0. The predicted molar refractivity (Wildman–Crippen MR) is 75.8 cm³/mol. The maximum absolute atomic E-state index is 14.1. The number of nitrogens with two attached hydrogens (primary N) is 1. The Labute approximate surface area is 114 Å². The van der Waals surface area contributed by atoms with Crippen LogP contribution in [0.15, 0.2) is 18.2 Å². The lowest BCUT2D eigenvalue weighted by Crippen LogP contribution is -2.40. The van der Waals surface area contributed by atoms with E-state index in [1.54, 1.807) is 6.07 Å². The highest BCUT2D eigenvalue weighted by Crippen LogP contribution is 2.28. The third-order valence-electron chi connectivity index (χ3n) is 3.54. The fourth-order valence-corrected chi connectivity index (χ4v) is 2.64. The van der Waals surface area contributed by atoms with E-state index in [0.717, 1.165) is 44.5 Å². The second-order valence-corrected chi connectivity index (χ2v) is 5.03. The Bertz CT molecular complexity index is 411. The molecule has 0 spiro atoms. The van der Waals surface area contributed by atoms with Crippen molar-refractivity contribution < 1.29 is 9.13 Å². The standard InChI is InChI=1S/C15H23FN2O/c1-2-9-19-13-6-4-8-18(11-13)15-12(10-17)5-3-7-14(15)16/h3,5,7,13H,2,4,6,8-11,17H2,1H3. The van der Waals surface area contributed by atoms with Crippen LogP contribution < -0.4 is 10.6 Å². The average molecular weight is 266 g/mol. The lowest BCUT2D eigenvalue weighted by molar-refractivity contribution is 0.0439. The van der Waals surface area contributed by atoms with Crippen LogP contribution in [0.4, 0.5) is 10.1 Å². The highest BCUT2D eigenvalue weighted by Gasteiger charge is 2.23. The van der Waals surface area contributed by atoms with Crippen LogP contribution in [0.25, 0.3) is 0 Å². The molecule has 4 heteroatoms. The highest BCUT2D eigenvalue weighted by molar-refractivity contribution is 5.55. The van der Waals surface area contributed by atoms with Crippen LogP contribution in [0.3, 0.4) is 0 Å². The smallest absolute Gasteiger partial charge is 0.146 e. The molecule has 0 aliphatic carbocycles. The SMILES string of the molecule is CCCOC1CCCN(c2c(F)cccc2CN)C1. The van der Waals surface area contributed by atoms with Gasteiger partial charge in [-0.05, 0) is 30.9 Å². The van der Waals surface area contributed by atoms with Crippen molar-refractivity contribution in [2.45, 2.75) is 38.8 Å². The Morgan fingerprint density at radius 3 is 3.05 bits per heavy atom. The summed E-state index contributed by atoms with van der Waals surface area (Å²) in [5, 5.41) is 0. The molecule has 2 rings (SSSR count). The third kappa shape index (κ3) is 3.45. The van der Waals surface area contributed by atoms with Crippen LogP contribution in [0, 0.1) is 5.82 Å². The fourth-order valence-electron chi connectivity index (χ4n) is 2.64. The Morgan fingerprint density at radius 2 is 2.32 bits per heavy atom. The number of benzene rings is 1. The molecule has 2 N–H and O–H groups in total. The Hall–Kier alpha value is -1.13. The van der Waals surface area contributed by atoms with Gasteiger partial charge in [-0.15, -0.1) is 0 Å². The zero-order chi connectivity index (χ0) is 13.7. The summed E-state index contributed by atoms with van der Waals surface area (Å²) in [6.45, 7) is 4.88. The minimum Gasteiger partial charge on any atom is -0.376 e. The van der Waals surface area contributed by atoms with Gasteiger partial charge in [-0.25, -0.2) is 4.39 Å². The van der Waals surface area contributed by atoms with E-state index in [0.29, 0.717) is 12.2 Å². The summed E-state index contributed by atoms with van der Waals surface area (Å²) >= 11 is 0. The Morgan fingerprint density at radius 1 is 1.47 bits per heavy atom. The summed E-state index contributed by atoms with van der Waals surface area (Å²) in [6.07, 6.45) is 3.32. The molecule has 1 saturated heterocycles. The molecule has 1 aromatic carbocycles. The van der Waals surface area contributed by atoms with Gasteiger partial charge in [-0.3, -0.25) is 0 Å². The number of piperidine rings is 1. The molecule has 0 aromatic heterocycles. The first kappa shape index (κ1) is 14.3. The van der Waals surface area contributed by atoms with Crippen molar-refractivity contribution in [1.82, 2.24) is 0 Å². The second-order valence-electron chi connectivity index (χ2n) is 5.03. The van der Waals surface area contributed by atoms with Gasteiger partial charge in [0.25, 0.3) is 0 Å². The van der Waals surface area contributed by atoms with Gasteiger partial charge in [0, 0.05) is 26.2 Å². The number of para-hydroxylation sites is 1. The van der Waals surface area contributed by atoms with E-state index in [4.69, 9.17) is 10.5 Å². The van der Waals surface area contributed by atoms with Gasteiger partial charge in [0.1, 0.15) is 5.82 Å². The van der Waals surface area contributed by atoms with Crippen LogP contribution in [-0.2, 0) is 11.3 Å². The predicted octanol–water partition coefficient (Wildman–Crippen LogP) is 2.68. The van der Waals surface area contributed by atoms with E-state index in [2.05, 4.69) is 11.8 Å². The molecule has 0 radical (unpaired) electrons. The molecule has 1 heterocycles. The molecule has 1 aliphatic rings. The zero-order valence-corrected chi connectivity index (χ0v) is 11.6. The van der Waals surface area contributed by atoms with Crippen molar-refractivity contribution in [1.29, 1.82) is 0 Å². The lowest BCUT2D eigenvalue weighted by Gasteiger charge is -2.35. The average Bonchev–Trinajstić information content (AvgIpc) is 2.45. The molecule has 1 fully saturated rings. The van der Waals surface area contributed by atoms with Gasteiger partial charge in [0.05, 0.1) is 11.8 Å². The Kier molecular flexibility index (Phi) is 5.16. The first-order chi connectivity index (χ1) is 9.26. The molecule has 106 valence electrons. The van der Waals surface area contributed by atoms with E-state index in [-0.39, 0.29) is 11.9 Å². The van der Waals surface area contributed by atoms with E-state index in [1.807, 2.05) is 6.07 Å². The van der Waals surface area contributed by atoms with Gasteiger partial charge >= 0.3 is 0 Å². The first-order valence-corrected chi connectivity index (χ1v) is 7.10. The largest absolute Gasteiger partial charge is 0.376 e. The van der Waals surface area contributed by atoms with Gasteiger partial charge < -0.3 is 15.4 Å². The molecular weight excluding hydrogens is 243 g/mol. The maximum atomic E-state index is 14.1. The molecule has 0 amide bonds. The second kappa shape index (κ2) is 6.87. The molecule has 1 atom stereocenters. The zero-order valence-electron chi connectivity index (χ0n) is 11.6.